The van der Waals surface area contributed by atoms with Crippen LogP contribution in [-0.2, 0) is 9.59 Å². The number of halogens is 1. The monoisotopic (exact) mass is 296 g/mol. The molecule has 2 rings (SSSR count). The van der Waals surface area contributed by atoms with E-state index in [4.69, 9.17) is 5.73 Å². The van der Waals surface area contributed by atoms with Gasteiger partial charge in [0, 0.05) is 22.5 Å². The highest BCUT2D eigenvalue weighted by Crippen LogP contribution is 2.35. The molecule has 1 heterocycles. The summed E-state index contributed by atoms with van der Waals surface area (Å²) in [5.41, 5.74) is 7.83. The Hall–Kier alpha value is -1.36. The summed E-state index contributed by atoms with van der Waals surface area (Å²) in [7, 11) is 0. The largest absolute Gasteiger partial charge is 0.398 e. The van der Waals surface area contributed by atoms with Crippen LogP contribution in [0.3, 0.4) is 0 Å². The predicted molar refractivity (Wildman–Crippen MR) is 69.6 cm³/mol. The minimum atomic E-state index is -0.253. The van der Waals surface area contributed by atoms with E-state index < -0.39 is 0 Å². The van der Waals surface area contributed by atoms with Gasteiger partial charge in [0.25, 0.3) is 0 Å². The van der Waals surface area contributed by atoms with Gasteiger partial charge < -0.3 is 5.73 Å². The van der Waals surface area contributed by atoms with Crippen molar-refractivity contribution in [3.63, 3.8) is 0 Å². The molecule has 1 aromatic rings. The topological polar surface area (TPSA) is 63.4 Å². The summed E-state index contributed by atoms with van der Waals surface area (Å²) in [6.45, 7) is 3.63. The van der Waals surface area contributed by atoms with Crippen LogP contribution < -0.4 is 10.6 Å². The van der Waals surface area contributed by atoms with E-state index in [9.17, 15) is 9.59 Å². The predicted octanol–water partition coefficient (Wildman–Crippen LogP) is 2.24. The Balaban J connectivity index is 2.51. The number of amides is 2. The lowest BCUT2D eigenvalue weighted by atomic mass is 10.1. The maximum Gasteiger partial charge on any atom is 0.237 e. The second kappa shape index (κ2) is 4.14. The number of aryl methyl sites for hydroxylation is 1. The first-order valence-electron chi connectivity index (χ1n) is 5.34. The molecule has 17 heavy (non-hydrogen) atoms. The molecule has 2 amide bonds. The van der Waals surface area contributed by atoms with Crippen LogP contribution in [0.5, 0.6) is 0 Å². The molecule has 0 bridgehead atoms. The molecule has 4 nitrogen and oxygen atoms in total. The van der Waals surface area contributed by atoms with Crippen LogP contribution in [0.4, 0.5) is 11.4 Å². The van der Waals surface area contributed by atoms with E-state index in [0.717, 1.165) is 5.56 Å². The second-order valence-corrected chi connectivity index (χ2v) is 5.19. The Morgan fingerprint density at radius 3 is 2.59 bits per heavy atom. The van der Waals surface area contributed by atoms with Crippen LogP contribution in [0.2, 0.25) is 0 Å². The van der Waals surface area contributed by atoms with Crippen molar-refractivity contribution in [1.82, 2.24) is 0 Å². The van der Waals surface area contributed by atoms with Crippen molar-refractivity contribution < 1.29 is 9.59 Å². The lowest BCUT2D eigenvalue weighted by Crippen LogP contribution is -2.30. The van der Waals surface area contributed by atoms with Crippen LogP contribution in [0, 0.1) is 12.8 Å². The molecule has 0 radical (unpaired) electrons. The van der Waals surface area contributed by atoms with E-state index >= 15 is 0 Å². The molecule has 0 saturated carbocycles. The standard InChI is InChI=1S/C12H13BrN2O2/c1-6-3-8(13)10(5-9(6)14)15-11(16)4-7(2)12(15)17/h3,5,7H,4,14H2,1-2H3. The van der Waals surface area contributed by atoms with Gasteiger partial charge in [0.05, 0.1) is 5.69 Å². The van der Waals surface area contributed by atoms with E-state index in [1.165, 1.54) is 4.90 Å². The van der Waals surface area contributed by atoms with Crippen molar-refractivity contribution >= 4 is 39.1 Å². The summed E-state index contributed by atoms with van der Waals surface area (Å²) in [4.78, 5) is 24.9. The van der Waals surface area contributed by atoms with Crippen molar-refractivity contribution in [2.75, 3.05) is 10.6 Å². The molecule has 1 fully saturated rings. The van der Waals surface area contributed by atoms with Crippen LogP contribution in [0.25, 0.3) is 0 Å². The number of nitrogens with zero attached hydrogens (tertiary/aromatic N) is 1. The summed E-state index contributed by atoms with van der Waals surface area (Å²) in [6, 6.07) is 3.47. The van der Waals surface area contributed by atoms with Gasteiger partial charge in [0.1, 0.15) is 0 Å². The van der Waals surface area contributed by atoms with Crippen molar-refractivity contribution in [3.8, 4) is 0 Å². The summed E-state index contributed by atoms with van der Waals surface area (Å²) >= 11 is 3.36. The molecule has 1 aromatic carbocycles. The highest BCUT2D eigenvalue weighted by Gasteiger charge is 2.37. The van der Waals surface area contributed by atoms with Gasteiger partial charge in [-0.1, -0.05) is 6.92 Å². The molecule has 0 aromatic heterocycles. The molecule has 1 saturated heterocycles. The molecule has 1 aliphatic heterocycles. The Kier molecular flexibility index (Phi) is 2.95. The van der Waals surface area contributed by atoms with Crippen molar-refractivity contribution in [3.05, 3.63) is 22.2 Å². The Labute approximate surface area is 108 Å². The first kappa shape index (κ1) is 12.1. The quantitative estimate of drug-likeness (QED) is 0.638. The minimum absolute atomic E-state index is 0.168. The van der Waals surface area contributed by atoms with E-state index in [1.807, 2.05) is 13.0 Å². The number of carbonyl (C=O) groups is 2. The van der Waals surface area contributed by atoms with Gasteiger partial charge in [0.2, 0.25) is 11.8 Å². The average molecular weight is 297 g/mol. The number of hydrogen-bond donors (Lipinski definition) is 1. The fourth-order valence-corrected chi connectivity index (χ4v) is 2.52. The molecule has 1 aliphatic rings. The fourth-order valence-electron chi connectivity index (χ4n) is 1.89. The fraction of sp³-hybridized carbons (Fsp3) is 0.333. The number of hydrogen-bond acceptors (Lipinski definition) is 3. The Morgan fingerprint density at radius 1 is 1.41 bits per heavy atom. The number of imide groups is 1. The van der Waals surface area contributed by atoms with E-state index in [2.05, 4.69) is 15.9 Å². The van der Waals surface area contributed by atoms with Crippen LogP contribution in [0.1, 0.15) is 18.9 Å². The molecule has 1 unspecified atom stereocenters. The zero-order valence-corrected chi connectivity index (χ0v) is 11.2. The first-order valence-corrected chi connectivity index (χ1v) is 6.13. The van der Waals surface area contributed by atoms with E-state index in [-0.39, 0.29) is 24.2 Å². The third-order valence-corrected chi connectivity index (χ3v) is 3.58. The third kappa shape index (κ3) is 1.95. The van der Waals surface area contributed by atoms with Gasteiger partial charge in [-0.05, 0) is 40.5 Å². The first-order chi connectivity index (χ1) is 7.91. The Bertz CT molecular complexity index is 513. The SMILES string of the molecule is Cc1cc(Br)c(N2C(=O)CC(C)C2=O)cc1N. The highest BCUT2D eigenvalue weighted by atomic mass is 79.9. The highest BCUT2D eigenvalue weighted by molar-refractivity contribution is 9.10. The maximum atomic E-state index is 11.9. The average Bonchev–Trinajstić information content (AvgIpc) is 2.48. The van der Waals surface area contributed by atoms with Crippen LogP contribution in [-0.4, -0.2) is 11.8 Å². The lowest BCUT2D eigenvalue weighted by Gasteiger charge is -2.17. The zero-order chi connectivity index (χ0) is 12.7. The Morgan fingerprint density at radius 2 is 2.06 bits per heavy atom. The number of anilines is 2. The van der Waals surface area contributed by atoms with Crippen molar-refractivity contribution in [2.45, 2.75) is 20.3 Å². The number of carbonyl (C=O) groups excluding carboxylic acids is 2. The maximum absolute atomic E-state index is 11.9. The van der Waals surface area contributed by atoms with Gasteiger partial charge in [-0.15, -0.1) is 0 Å². The van der Waals surface area contributed by atoms with Crippen molar-refractivity contribution in [1.29, 1.82) is 0 Å². The van der Waals surface area contributed by atoms with Gasteiger partial charge in [-0.3, -0.25) is 9.59 Å². The number of nitrogens with two attached hydrogens (primary N) is 1. The minimum Gasteiger partial charge on any atom is -0.398 e. The molecule has 5 heteroatoms. The molecule has 90 valence electrons. The smallest absolute Gasteiger partial charge is 0.237 e. The molecule has 0 aliphatic carbocycles. The molecular formula is C12H13BrN2O2. The summed E-state index contributed by atoms with van der Waals surface area (Å²) in [5.74, 6) is -0.595. The number of benzene rings is 1. The van der Waals surface area contributed by atoms with Crippen LogP contribution in [0.15, 0.2) is 16.6 Å². The van der Waals surface area contributed by atoms with E-state index in [0.29, 0.717) is 15.8 Å². The van der Waals surface area contributed by atoms with Crippen molar-refractivity contribution in [2.24, 2.45) is 5.92 Å². The molecule has 2 N–H and O–H groups in total. The molecular weight excluding hydrogens is 284 g/mol. The van der Waals surface area contributed by atoms with Crippen LogP contribution >= 0.6 is 15.9 Å². The summed E-state index contributed by atoms with van der Waals surface area (Å²) in [5, 5.41) is 0. The molecule has 1 atom stereocenters. The van der Waals surface area contributed by atoms with Gasteiger partial charge >= 0.3 is 0 Å². The number of rotatable bonds is 1. The van der Waals surface area contributed by atoms with Gasteiger partial charge in [0.15, 0.2) is 0 Å². The summed E-state index contributed by atoms with van der Waals surface area (Å²) < 4.78 is 0.708. The van der Waals surface area contributed by atoms with E-state index in [1.54, 1.807) is 13.0 Å². The summed E-state index contributed by atoms with van der Waals surface area (Å²) in [6.07, 6.45) is 0.263. The normalized spacial score (nSPS) is 20.2. The zero-order valence-electron chi connectivity index (χ0n) is 9.66. The van der Waals surface area contributed by atoms with Gasteiger partial charge in [-0.2, -0.15) is 0 Å². The van der Waals surface area contributed by atoms with Gasteiger partial charge in [-0.25, -0.2) is 4.90 Å². The third-order valence-electron chi connectivity index (χ3n) is 2.95. The molecule has 0 spiro atoms. The second-order valence-electron chi connectivity index (χ2n) is 4.33. The lowest BCUT2D eigenvalue weighted by molar-refractivity contribution is -0.122. The number of nitrogen functional groups attached to an aromatic ring is 1.